The van der Waals surface area contributed by atoms with Crippen molar-refractivity contribution in [3.8, 4) is 0 Å². The zero-order chi connectivity index (χ0) is 18.4. The summed E-state index contributed by atoms with van der Waals surface area (Å²) in [6.07, 6.45) is 0.534. The average molecular weight is 368 g/mol. The third-order valence-corrected chi connectivity index (χ3v) is 4.26. The smallest absolute Gasteiger partial charge is 0.277 e. The predicted octanol–water partition coefficient (Wildman–Crippen LogP) is 2.49. The summed E-state index contributed by atoms with van der Waals surface area (Å²) in [5.41, 5.74) is 6.99. The Hall–Kier alpha value is -3.13. The number of anilines is 1. The Morgan fingerprint density at radius 3 is 2.54 bits per heavy atom. The fourth-order valence-corrected chi connectivity index (χ4v) is 2.84. The molecule has 8 heteroatoms. The number of hydrogen-bond acceptors (Lipinski definition) is 6. The monoisotopic (exact) mass is 368 g/mol. The first-order valence-corrected chi connectivity index (χ1v) is 8.78. The largest absolute Gasteiger partial charge is 0.416 e. The molecule has 132 valence electrons. The second-order valence-electron chi connectivity index (χ2n) is 5.37. The number of nitrogens with two attached hydrogens (primary N) is 1. The standard InChI is InChI=1S/C18H16N4O3S/c19-17(24)13-8-4-5-9-14(13)20-15(23)11-26-18-22-21-16(25-18)10-12-6-2-1-3-7-12/h1-9H,10-11H2,(H2,19,24)(H,20,23). The zero-order valence-corrected chi connectivity index (χ0v) is 14.5. The van der Waals surface area contributed by atoms with E-state index in [4.69, 9.17) is 10.2 Å². The van der Waals surface area contributed by atoms with Crippen molar-refractivity contribution in [3.05, 3.63) is 71.6 Å². The highest BCUT2D eigenvalue weighted by Crippen LogP contribution is 2.19. The third-order valence-electron chi connectivity index (χ3n) is 3.44. The Bertz CT molecular complexity index is 912. The second kappa shape index (κ2) is 8.30. The van der Waals surface area contributed by atoms with Crippen LogP contribution >= 0.6 is 11.8 Å². The number of nitrogens with zero attached hydrogens (tertiary/aromatic N) is 2. The van der Waals surface area contributed by atoms with Gasteiger partial charge in [-0.2, -0.15) is 0 Å². The van der Waals surface area contributed by atoms with Crippen LogP contribution in [0.4, 0.5) is 5.69 Å². The quantitative estimate of drug-likeness (QED) is 0.620. The molecule has 0 aliphatic heterocycles. The molecule has 0 atom stereocenters. The molecule has 0 bridgehead atoms. The summed E-state index contributed by atoms with van der Waals surface area (Å²) in [7, 11) is 0. The number of primary amides is 1. The lowest BCUT2D eigenvalue weighted by Gasteiger charge is -2.07. The molecule has 0 aliphatic rings. The van der Waals surface area contributed by atoms with E-state index in [9.17, 15) is 9.59 Å². The summed E-state index contributed by atoms with van der Waals surface area (Å²) in [6.45, 7) is 0. The van der Waals surface area contributed by atoms with E-state index in [1.165, 1.54) is 0 Å². The van der Waals surface area contributed by atoms with E-state index in [-0.39, 0.29) is 17.2 Å². The number of nitrogens with one attached hydrogen (secondary N) is 1. The molecule has 0 saturated carbocycles. The maximum Gasteiger partial charge on any atom is 0.277 e. The predicted molar refractivity (Wildman–Crippen MR) is 97.9 cm³/mol. The lowest BCUT2D eigenvalue weighted by atomic mass is 10.1. The summed E-state index contributed by atoms with van der Waals surface area (Å²) in [4.78, 5) is 23.5. The zero-order valence-electron chi connectivity index (χ0n) is 13.7. The maximum atomic E-state index is 12.1. The second-order valence-corrected chi connectivity index (χ2v) is 6.30. The van der Waals surface area contributed by atoms with Gasteiger partial charge in [0.05, 0.1) is 23.4 Å². The minimum absolute atomic E-state index is 0.0695. The highest BCUT2D eigenvalue weighted by Gasteiger charge is 2.13. The van der Waals surface area contributed by atoms with Gasteiger partial charge in [0.1, 0.15) is 0 Å². The van der Waals surface area contributed by atoms with Gasteiger partial charge in [0, 0.05) is 0 Å². The van der Waals surface area contributed by atoms with Gasteiger partial charge >= 0.3 is 0 Å². The van der Waals surface area contributed by atoms with E-state index in [2.05, 4.69) is 15.5 Å². The van der Waals surface area contributed by atoms with Gasteiger partial charge in [-0.25, -0.2) is 0 Å². The minimum atomic E-state index is -0.601. The van der Waals surface area contributed by atoms with Crippen LogP contribution in [0.3, 0.4) is 0 Å². The van der Waals surface area contributed by atoms with Crippen LogP contribution < -0.4 is 11.1 Å². The summed E-state index contributed by atoms with van der Waals surface area (Å²) in [5.74, 6) is -0.347. The molecule has 3 aromatic rings. The molecule has 0 spiro atoms. The van der Waals surface area contributed by atoms with Gasteiger partial charge in [-0.3, -0.25) is 9.59 Å². The molecule has 1 heterocycles. The van der Waals surface area contributed by atoms with Crippen LogP contribution in [-0.4, -0.2) is 27.8 Å². The lowest BCUT2D eigenvalue weighted by Crippen LogP contribution is -2.19. The Kier molecular flexibility index (Phi) is 5.65. The molecule has 0 unspecified atom stereocenters. The Morgan fingerprint density at radius 1 is 1.04 bits per heavy atom. The first kappa shape index (κ1) is 17.7. The minimum Gasteiger partial charge on any atom is -0.416 e. The average Bonchev–Trinajstić information content (AvgIpc) is 3.08. The number of benzene rings is 2. The number of thioether (sulfide) groups is 1. The molecule has 0 fully saturated rings. The van der Waals surface area contributed by atoms with E-state index in [0.29, 0.717) is 23.2 Å². The summed E-state index contributed by atoms with van der Waals surface area (Å²) in [5, 5.41) is 10.9. The number of hydrogen-bond donors (Lipinski definition) is 2. The van der Waals surface area contributed by atoms with Crippen LogP contribution in [0.15, 0.2) is 64.2 Å². The summed E-state index contributed by atoms with van der Waals surface area (Å²) < 4.78 is 5.54. The number of carbonyl (C=O) groups excluding carboxylic acids is 2. The topological polar surface area (TPSA) is 111 Å². The molecule has 2 amide bonds. The SMILES string of the molecule is NC(=O)c1ccccc1NC(=O)CSc1nnc(Cc2ccccc2)o1. The van der Waals surface area contributed by atoms with Crippen molar-refractivity contribution in [2.75, 3.05) is 11.1 Å². The van der Waals surface area contributed by atoms with Gasteiger partial charge in [-0.05, 0) is 17.7 Å². The van der Waals surface area contributed by atoms with Crippen LogP contribution in [-0.2, 0) is 11.2 Å². The Balaban J connectivity index is 1.55. The number of aromatic nitrogens is 2. The lowest BCUT2D eigenvalue weighted by molar-refractivity contribution is -0.113. The van der Waals surface area contributed by atoms with E-state index >= 15 is 0 Å². The molecule has 26 heavy (non-hydrogen) atoms. The van der Waals surface area contributed by atoms with Crippen molar-refractivity contribution < 1.29 is 14.0 Å². The van der Waals surface area contributed by atoms with Crippen molar-refractivity contribution in [2.45, 2.75) is 11.6 Å². The van der Waals surface area contributed by atoms with Crippen LogP contribution in [0.5, 0.6) is 0 Å². The van der Waals surface area contributed by atoms with E-state index in [1.807, 2.05) is 30.3 Å². The van der Waals surface area contributed by atoms with Gasteiger partial charge in [0.2, 0.25) is 11.8 Å². The Morgan fingerprint density at radius 2 is 1.77 bits per heavy atom. The van der Waals surface area contributed by atoms with Crippen LogP contribution in [0.2, 0.25) is 0 Å². The van der Waals surface area contributed by atoms with Crippen molar-refractivity contribution in [3.63, 3.8) is 0 Å². The molecule has 1 aromatic heterocycles. The van der Waals surface area contributed by atoms with Gasteiger partial charge in [0.15, 0.2) is 0 Å². The first-order chi connectivity index (χ1) is 12.6. The molecule has 2 aromatic carbocycles. The number of rotatable bonds is 7. The fourth-order valence-electron chi connectivity index (χ4n) is 2.26. The number of carbonyl (C=O) groups is 2. The number of amides is 2. The van der Waals surface area contributed by atoms with E-state index in [1.54, 1.807) is 24.3 Å². The fraction of sp³-hybridized carbons (Fsp3) is 0.111. The molecule has 0 saturated heterocycles. The highest BCUT2D eigenvalue weighted by atomic mass is 32.2. The van der Waals surface area contributed by atoms with Crippen LogP contribution in [0.25, 0.3) is 0 Å². The molecular formula is C18H16N4O3S. The summed E-state index contributed by atoms with van der Waals surface area (Å²) in [6, 6.07) is 16.3. The van der Waals surface area contributed by atoms with Gasteiger partial charge < -0.3 is 15.5 Å². The maximum absolute atomic E-state index is 12.1. The third kappa shape index (κ3) is 4.70. The van der Waals surface area contributed by atoms with Crippen LogP contribution in [0.1, 0.15) is 21.8 Å². The summed E-state index contributed by atoms with van der Waals surface area (Å²) >= 11 is 1.12. The molecular weight excluding hydrogens is 352 g/mol. The van der Waals surface area contributed by atoms with Crippen molar-refractivity contribution in [1.29, 1.82) is 0 Å². The highest BCUT2D eigenvalue weighted by molar-refractivity contribution is 7.99. The molecule has 0 radical (unpaired) electrons. The molecule has 3 N–H and O–H groups in total. The van der Waals surface area contributed by atoms with Crippen LogP contribution in [0, 0.1) is 0 Å². The van der Waals surface area contributed by atoms with Crippen molar-refractivity contribution in [1.82, 2.24) is 10.2 Å². The van der Waals surface area contributed by atoms with Gasteiger partial charge in [0.25, 0.3) is 11.1 Å². The first-order valence-electron chi connectivity index (χ1n) is 7.79. The van der Waals surface area contributed by atoms with Gasteiger partial charge in [-0.15, -0.1) is 10.2 Å². The van der Waals surface area contributed by atoms with Gasteiger partial charge in [-0.1, -0.05) is 54.2 Å². The van der Waals surface area contributed by atoms with Crippen molar-refractivity contribution >= 4 is 29.3 Å². The number of para-hydroxylation sites is 1. The van der Waals surface area contributed by atoms with E-state index < -0.39 is 5.91 Å². The van der Waals surface area contributed by atoms with E-state index in [0.717, 1.165) is 17.3 Å². The molecule has 7 nitrogen and oxygen atoms in total. The molecule has 0 aliphatic carbocycles. The molecule has 3 rings (SSSR count). The Labute approximate surface area is 154 Å². The van der Waals surface area contributed by atoms with Crippen molar-refractivity contribution in [2.24, 2.45) is 5.73 Å². The normalized spacial score (nSPS) is 10.5.